The number of nitrogens with one attached hydrogen (secondary N) is 2. The largest absolute Gasteiger partial charge is 0.469 e. The summed E-state index contributed by atoms with van der Waals surface area (Å²) in [6, 6.07) is 11.1. The lowest BCUT2D eigenvalue weighted by Gasteiger charge is -2.12. The number of aryl methyl sites for hydroxylation is 1. The van der Waals surface area contributed by atoms with E-state index in [-0.39, 0.29) is 12.1 Å². The number of urea groups is 1. The van der Waals surface area contributed by atoms with Crippen LogP contribution in [0.4, 0.5) is 4.79 Å². The van der Waals surface area contributed by atoms with Crippen LogP contribution in [0.1, 0.15) is 30.0 Å². The lowest BCUT2D eigenvalue weighted by molar-refractivity contribution is 0.236. The van der Waals surface area contributed by atoms with E-state index < -0.39 is 0 Å². The van der Waals surface area contributed by atoms with Gasteiger partial charge in [-0.25, -0.2) is 4.79 Å². The summed E-state index contributed by atoms with van der Waals surface area (Å²) in [5, 5.41) is 6.70. The molecule has 2 aromatic heterocycles. The number of para-hydroxylation sites is 1. The van der Waals surface area contributed by atoms with Gasteiger partial charge in [0.05, 0.1) is 12.3 Å². The van der Waals surface area contributed by atoms with E-state index in [1.807, 2.05) is 50.2 Å². The average molecular weight is 298 g/mol. The highest BCUT2D eigenvalue weighted by molar-refractivity contribution is 5.78. The molecule has 0 saturated carbocycles. The highest BCUT2D eigenvalue weighted by atomic mass is 16.3. The van der Waals surface area contributed by atoms with Gasteiger partial charge in [0.1, 0.15) is 17.1 Å². The zero-order chi connectivity index (χ0) is 15.5. The molecular formula is C17H18N2O3. The molecule has 3 aromatic rings. The first kappa shape index (κ1) is 14.3. The minimum atomic E-state index is -0.242. The van der Waals surface area contributed by atoms with Crippen LogP contribution in [0.25, 0.3) is 11.0 Å². The van der Waals surface area contributed by atoms with Crippen molar-refractivity contribution in [3.05, 3.63) is 59.7 Å². The minimum Gasteiger partial charge on any atom is -0.469 e. The van der Waals surface area contributed by atoms with Gasteiger partial charge in [0.2, 0.25) is 0 Å². The van der Waals surface area contributed by atoms with Gasteiger partial charge < -0.3 is 19.5 Å². The van der Waals surface area contributed by atoms with E-state index in [2.05, 4.69) is 10.6 Å². The molecule has 0 bridgehead atoms. The Morgan fingerprint density at radius 1 is 1.27 bits per heavy atom. The maximum atomic E-state index is 12.0. The summed E-state index contributed by atoms with van der Waals surface area (Å²) in [6.45, 7) is 4.19. The molecule has 3 rings (SSSR count). The molecule has 114 valence electrons. The lowest BCUT2D eigenvalue weighted by atomic mass is 10.2. The van der Waals surface area contributed by atoms with Gasteiger partial charge in [0.15, 0.2) is 0 Å². The van der Waals surface area contributed by atoms with Crippen molar-refractivity contribution in [1.29, 1.82) is 0 Å². The number of fused-ring (bicyclic) bond motifs is 1. The molecule has 2 N–H and O–H groups in total. The standard InChI is InChI=1S/C17H18N2O3/c1-11(16-9-13-5-3-4-6-15(13)22-16)19-17(20)18-10-14-7-8-21-12(14)2/h3-9,11H,10H2,1-2H3,(H2,18,19,20). The zero-order valence-corrected chi connectivity index (χ0v) is 12.6. The van der Waals surface area contributed by atoms with Crippen molar-refractivity contribution in [2.24, 2.45) is 0 Å². The Hall–Kier alpha value is -2.69. The second kappa shape index (κ2) is 5.97. The van der Waals surface area contributed by atoms with E-state index in [1.54, 1.807) is 6.26 Å². The molecule has 1 unspecified atom stereocenters. The van der Waals surface area contributed by atoms with Crippen molar-refractivity contribution in [1.82, 2.24) is 10.6 Å². The summed E-state index contributed by atoms with van der Waals surface area (Å²) in [7, 11) is 0. The summed E-state index contributed by atoms with van der Waals surface area (Å²) in [5.74, 6) is 1.54. The lowest BCUT2D eigenvalue weighted by Crippen LogP contribution is -2.36. The van der Waals surface area contributed by atoms with Crippen LogP contribution in [0.3, 0.4) is 0 Å². The molecule has 0 aliphatic rings. The van der Waals surface area contributed by atoms with Gasteiger partial charge >= 0.3 is 6.03 Å². The molecule has 0 aliphatic heterocycles. The molecule has 5 heteroatoms. The highest BCUT2D eigenvalue weighted by Crippen LogP contribution is 2.23. The maximum absolute atomic E-state index is 12.0. The second-order valence-electron chi connectivity index (χ2n) is 5.24. The van der Waals surface area contributed by atoms with Crippen LogP contribution < -0.4 is 10.6 Å². The van der Waals surface area contributed by atoms with E-state index in [9.17, 15) is 4.79 Å². The van der Waals surface area contributed by atoms with Gasteiger partial charge in [-0.2, -0.15) is 0 Å². The molecule has 0 radical (unpaired) electrons. The molecule has 0 fully saturated rings. The molecule has 5 nitrogen and oxygen atoms in total. The van der Waals surface area contributed by atoms with Gasteiger partial charge in [-0.05, 0) is 32.0 Å². The smallest absolute Gasteiger partial charge is 0.315 e. The maximum Gasteiger partial charge on any atom is 0.315 e. The van der Waals surface area contributed by atoms with Crippen LogP contribution in [0.15, 0.2) is 51.5 Å². The van der Waals surface area contributed by atoms with Crippen molar-refractivity contribution in [2.75, 3.05) is 0 Å². The summed E-state index contributed by atoms with van der Waals surface area (Å²) in [6.07, 6.45) is 1.61. The average Bonchev–Trinajstić information content (AvgIpc) is 3.11. The number of furan rings is 2. The second-order valence-corrected chi connectivity index (χ2v) is 5.24. The monoisotopic (exact) mass is 298 g/mol. The molecular weight excluding hydrogens is 280 g/mol. The third kappa shape index (κ3) is 2.98. The first-order chi connectivity index (χ1) is 10.6. The third-order valence-corrected chi connectivity index (χ3v) is 3.62. The van der Waals surface area contributed by atoms with Crippen LogP contribution >= 0.6 is 0 Å². The summed E-state index contributed by atoms with van der Waals surface area (Å²) >= 11 is 0. The van der Waals surface area contributed by atoms with Crippen molar-refractivity contribution in [3.63, 3.8) is 0 Å². The van der Waals surface area contributed by atoms with Crippen molar-refractivity contribution >= 4 is 17.0 Å². The number of hydrogen-bond donors (Lipinski definition) is 2. The number of benzene rings is 1. The predicted octanol–water partition coefficient (Wildman–Crippen LogP) is 3.89. The topological polar surface area (TPSA) is 67.4 Å². The quantitative estimate of drug-likeness (QED) is 0.767. The molecule has 1 aromatic carbocycles. The first-order valence-corrected chi connectivity index (χ1v) is 7.19. The summed E-state index contributed by atoms with van der Waals surface area (Å²) in [5.41, 5.74) is 1.78. The Balaban J connectivity index is 1.59. The Morgan fingerprint density at radius 2 is 2.09 bits per heavy atom. The van der Waals surface area contributed by atoms with Crippen LogP contribution in [-0.4, -0.2) is 6.03 Å². The van der Waals surface area contributed by atoms with Crippen LogP contribution in [0.2, 0.25) is 0 Å². The number of carbonyl (C=O) groups excluding carboxylic acids is 1. The van der Waals surface area contributed by atoms with Crippen molar-refractivity contribution in [2.45, 2.75) is 26.4 Å². The predicted molar refractivity (Wildman–Crippen MR) is 83.4 cm³/mol. The Bertz CT molecular complexity index is 755. The van der Waals surface area contributed by atoms with E-state index in [4.69, 9.17) is 8.83 Å². The fourth-order valence-corrected chi connectivity index (χ4v) is 2.30. The fraction of sp³-hybridized carbons (Fsp3) is 0.235. The Labute approximate surface area is 128 Å². The number of hydrogen-bond acceptors (Lipinski definition) is 3. The van der Waals surface area contributed by atoms with Gasteiger partial charge in [-0.3, -0.25) is 0 Å². The minimum absolute atomic E-state index is 0.210. The van der Waals surface area contributed by atoms with Crippen LogP contribution in [0, 0.1) is 6.92 Å². The SMILES string of the molecule is Cc1occc1CNC(=O)NC(C)c1cc2ccccc2o1. The normalized spacial score (nSPS) is 12.3. The molecule has 0 spiro atoms. The van der Waals surface area contributed by atoms with E-state index >= 15 is 0 Å². The third-order valence-electron chi connectivity index (χ3n) is 3.62. The number of carbonyl (C=O) groups is 1. The fourth-order valence-electron chi connectivity index (χ4n) is 2.30. The number of rotatable bonds is 4. The van der Waals surface area contributed by atoms with E-state index in [0.717, 1.165) is 28.1 Å². The van der Waals surface area contributed by atoms with Gasteiger partial charge in [0.25, 0.3) is 0 Å². The van der Waals surface area contributed by atoms with Crippen molar-refractivity contribution < 1.29 is 13.6 Å². The van der Waals surface area contributed by atoms with Gasteiger partial charge in [-0.15, -0.1) is 0 Å². The highest BCUT2D eigenvalue weighted by Gasteiger charge is 2.14. The van der Waals surface area contributed by atoms with Crippen LogP contribution in [0.5, 0.6) is 0 Å². The molecule has 0 aliphatic carbocycles. The number of amides is 2. The molecule has 2 amide bonds. The van der Waals surface area contributed by atoms with Gasteiger partial charge in [0, 0.05) is 17.5 Å². The Morgan fingerprint density at radius 3 is 2.82 bits per heavy atom. The molecule has 2 heterocycles. The molecule has 22 heavy (non-hydrogen) atoms. The molecule has 0 saturated heterocycles. The summed E-state index contributed by atoms with van der Waals surface area (Å²) < 4.78 is 10.9. The zero-order valence-electron chi connectivity index (χ0n) is 12.6. The van der Waals surface area contributed by atoms with Crippen LogP contribution in [-0.2, 0) is 6.54 Å². The first-order valence-electron chi connectivity index (χ1n) is 7.19. The van der Waals surface area contributed by atoms with Crippen molar-refractivity contribution in [3.8, 4) is 0 Å². The molecule has 1 atom stereocenters. The van der Waals surface area contributed by atoms with Gasteiger partial charge in [-0.1, -0.05) is 18.2 Å². The van der Waals surface area contributed by atoms with E-state index in [1.165, 1.54) is 0 Å². The Kier molecular flexibility index (Phi) is 3.87. The summed E-state index contributed by atoms with van der Waals surface area (Å²) in [4.78, 5) is 12.0. The van der Waals surface area contributed by atoms with E-state index in [0.29, 0.717) is 6.54 Å².